The number of rotatable bonds is 2. The zero-order valence-corrected chi connectivity index (χ0v) is 12.4. The quantitative estimate of drug-likeness (QED) is 0.860. The third-order valence-corrected chi connectivity index (χ3v) is 3.41. The van der Waals surface area contributed by atoms with Gasteiger partial charge >= 0.3 is 5.97 Å². The van der Waals surface area contributed by atoms with Crippen molar-refractivity contribution in [2.24, 2.45) is 0 Å². The summed E-state index contributed by atoms with van der Waals surface area (Å²) in [5, 5.41) is 9.13. The van der Waals surface area contributed by atoms with E-state index < -0.39 is 5.97 Å². The maximum atomic E-state index is 11.1. The molecule has 0 aliphatic carbocycles. The predicted octanol–water partition coefficient (Wildman–Crippen LogP) is 4.66. The Labute approximate surface area is 120 Å². The van der Waals surface area contributed by atoms with Gasteiger partial charge in [-0.25, -0.2) is 4.79 Å². The molecule has 0 aliphatic rings. The van der Waals surface area contributed by atoms with Crippen LogP contribution in [0.1, 0.15) is 42.3 Å². The molecule has 0 spiro atoms. The van der Waals surface area contributed by atoms with Crippen molar-refractivity contribution >= 4 is 5.97 Å². The lowest BCUT2D eigenvalue weighted by Crippen LogP contribution is -2.10. The monoisotopic (exact) mass is 268 g/mol. The van der Waals surface area contributed by atoms with Gasteiger partial charge in [0.15, 0.2) is 0 Å². The van der Waals surface area contributed by atoms with Crippen molar-refractivity contribution < 1.29 is 9.90 Å². The van der Waals surface area contributed by atoms with E-state index in [9.17, 15) is 4.79 Å². The summed E-state index contributed by atoms with van der Waals surface area (Å²) in [6.45, 7) is 8.45. The molecule has 2 rings (SSSR count). The van der Waals surface area contributed by atoms with Crippen LogP contribution in [0, 0.1) is 6.92 Å². The minimum atomic E-state index is -0.888. The van der Waals surface area contributed by atoms with Gasteiger partial charge in [0.2, 0.25) is 0 Å². The Kier molecular flexibility index (Phi) is 3.67. The molecule has 0 saturated carbocycles. The molecule has 0 bridgehead atoms. The molecule has 2 heteroatoms. The van der Waals surface area contributed by atoms with E-state index in [4.69, 9.17) is 5.11 Å². The second-order valence-corrected chi connectivity index (χ2v) is 6.22. The Hall–Kier alpha value is -2.09. The van der Waals surface area contributed by atoms with E-state index in [1.54, 1.807) is 12.1 Å². The largest absolute Gasteiger partial charge is 0.478 e. The lowest BCUT2D eigenvalue weighted by Gasteiger charge is -2.19. The number of aromatic carboxylic acids is 1. The van der Waals surface area contributed by atoms with Gasteiger partial charge < -0.3 is 5.11 Å². The molecule has 0 amide bonds. The molecule has 20 heavy (non-hydrogen) atoms. The molecule has 0 unspecified atom stereocenters. The van der Waals surface area contributed by atoms with Crippen LogP contribution in [0.4, 0.5) is 0 Å². The number of aryl methyl sites for hydroxylation is 1. The van der Waals surface area contributed by atoms with Crippen LogP contribution in [0.5, 0.6) is 0 Å². The highest BCUT2D eigenvalue weighted by atomic mass is 16.4. The Morgan fingerprint density at radius 1 is 0.950 bits per heavy atom. The lowest BCUT2D eigenvalue weighted by atomic mass is 9.86. The molecule has 0 aromatic heterocycles. The maximum absolute atomic E-state index is 11.1. The first-order valence-electron chi connectivity index (χ1n) is 6.73. The van der Waals surface area contributed by atoms with Crippen molar-refractivity contribution in [3.63, 3.8) is 0 Å². The Bertz CT molecular complexity index is 631. The van der Waals surface area contributed by atoms with E-state index in [0.29, 0.717) is 5.56 Å². The highest BCUT2D eigenvalue weighted by Crippen LogP contribution is 2.27. The van der Waals surface area contributed by atoms with Gasteiger partial charge in [-0.1, -0.05) is 51.1 Å². The molecule has 0 radical (unpaired) electrons. The Morgan fingerprint density at radius 2 is 1.55 bits per heavy atom. The number of carboxylic acids is 1. The van der Waals surface area contributed by atoms with Crippen LogP contribution in [0.25, 0.3) is 11.1 Å². The van der Waals surface area contributed by atoms with E-state index in [1.807, 2.05) is 13.0 Å². The number of carbonyl (C=O) groups is 1. The molecule has 104 valence electrons. The summed E-state index contributed by atoms with van der Waals surface area (Å²) in [7, 11) is 0. The zero-order chi connectivity index (χ0) is 14.9. The number of hydrogen-bond acceptors (Lipinski definition) is 1. The molecule has 0 aliphatic heterocycles. The first-order valence-corrected chi connectivity index (χ1v) is 6.73. The summed E-state index contributed by atoms with van der Waals surface area (Å²) in [6, 6.07) is 13.8. The normalized spacial score (nSPS) is 11.4. The fourth-order valence-electron chi connectivity index (χ4n) is 2.24. The summed E-state index contributed by atoms with van der Waals surface area (Å²) in [5.41, 5.74) is 4.68. The van der Waals surface area contributed by atoms with Crippen LogP contribution in [-0.2, 0) is 5.41 Å². The van der Waals surface area contributed by atoms with Crippen molar-refractivity contribution in [3.8, 4) is 11.1 Å². The van der Waals surface area contributed by atoms with Gasteiger partial charge in [0, 0.05) is 0 Å². The first-order chi connectivity index (χ1) is 9.27. The number of carboxylic acid groups (broad SMARTS) is 1. The molecular weight excluding hydrogens is 248 g/mol. The lowest BCUT2D eigenvalue weighted by molar-refractivity contribution is 0.0697. The SMILES string of the molecule is Cc1cc(C(=O)O)cc(-c2ccc(C(C)(C)C)cc2)c1. The fraction of sp³-hybridized carbons (Fsp3) is 0.278. The molecule has 1 N–H and O–H groups in total. The summed E-state index contributed by atoms with van der Waals surface area (Å²) in [4.78, 5) is 11.1. The second-order valence-electron chi connectivity index (χ2n) is 6.22. The van der Waals surface area contributed by atoms with E-state index in [0.717, 1.165) is 16.7 Å². The van der Waals surface area contributed by atoms with E-state index in [2.05, 4.69) is 45.0 Å². The van der Waals surface area contributed by atoms with Crippen LogP contribution in [0.15, 0.2) is 42.5 Å². The molecule has 2 aromatic carbocycles. The summed E-state index contributed by atoms with van der Waals surface area (Å²) < 4.78 is 0. The van der Waals surface area contributed by atoms with Gasteiger partial charge in [-0.2, -0.15) is 0 Å². The van der Waals surface area contributed by atoms with Crippen molar-refractivity contribution in [3.05, 3.63) is 59.2 Å². The first kappa shape index (κ1) is 14.3. The Balaban J connectivity index is 2.44. The molecule has 0 heterocycles. The molecule has 2 nitrogen and oxygen atoms in total. The van der Waals surface area contributed by atoms with Crippen molar-refractivity contribution in [1.29, 1.82) is 0 Å². The molecule has 0 fully saturated rings. The van der Waals surface area contributed by atoms with Crippen LogP contribution >= 0.6 is 0 Å². The molecule has 2 aromatic rings. The number of hydrogen-bond donors (Lipinski definition) is 1. The average molecular weight is 268 g/mol. The van der Waals surface area contributed by atoms with Gasteiger partial charge in [0.05, 0.1) is 5.56 Å². The molecule has 0 atom stereocenters. The zero-order valence-electron chi connectivity index (χ0n) is 12.4. The van der Waals surface area contributed by atoms with E-state index in [1.165, 1.54) is 5.56 Å². The third-order valence-electron chi connectivity index (χ3n) is 3.41. The summed E-state index contributed by atoms with van der Waals surface area (Å²) in [5.74, 6) is -0.888. The van der Waals surface area contributed by atoms with Crippen LogP contribution in [0.3, 0.4) is 0 Å². The van der Waals surface area contributed by atoms with Crippen molar-refractivity contribution in [2.75, 3.05) is 0 Å². The summed E-state index contributed by atoms with van der Waals surface area (Å²) in [6.07, 6.45) is 0. The average Bonchev–Trinajstić information content (AvgIpc) is 2.37. The van der Waals surface area contributed by atoms with E-state index >= 15 is 0 Å². The predicted molar refractivity (Wildman–Crippen MR) is 82.3 cm³/mol. The Morgan fingerprint density at radius 3 is 2.05 bits per heavy atom. The van der Waals surface area contributed by atoms with Crippen LogP contribution in [-0.4, -0.2) is 11.1 Å². The van der Waals surface area contributed by atoms with Gasteiger partial charge in [-0.15, -0.1) is 0 Å². The van der Waals surface area contributed by atoms with Crippen LogP contribution in [0.2, 0.25) is 0 Å². The third kappa shape index (κ3) is 3.08. The van der Waals surface area contributed by atoms with E-state index in [-0.39, 0.29) is 5.41 Å². The molecule has 0 saturated heterocycles. The highest BCUT2D eigenvalue weighted by molar-refractivity contribution is 5.89. The van der Waals surface area contributed by atoms with Crippen molar-refractivity contribution in [2.45, 2.75) is 33.1 Å². The van der Waals surface area contributed by atoms with Gasteiger partial charge in [0.1, 0.15) is 0 Å². The minimum Gasteiger partial charge on any atom is -0.478 e. The standard InChI is InChI=1S/C18H20O2/c1-12-9-14(11-15(10-12)17(19)20)13-5-7-16(8-6-13)18(2,3)4/h5-11H,1-4H3,(H,19,20). The summed E-state index contributed by atoms with van der Waals surface area (Å²) >= 11 is 0. The van der Waals surface area contributed by atoms with Crippen molar-refractivity contribution in [1.82, 2.24) is 0 Å². The van der Waals surface area contributed by atoms with Gasteiger partial charge in [0.25, 0.3) is 0 Å². The van der Waals surface area contributed by atoms with Gasteiger partial charge in [-0.3, -0.25) is 0 Å². The number of benzene rings is 2. The molecular formula is C18H20O2. The maximum Gasteiger partial charge on any atom is 0.335 e. The highest BCUT2D eigenvalue weighted by Gasteiger charge is 2.13. The second kappa shape index (κ2) is 5.12. The van der Waals surface area contributed by atoms with Crippen LogP contribution < -0.4 is 0 Å². The topological polar surface area (TPSA) is 37.3 Å². The fourth-order valence-corrected chi connectivity index (χ4v) is 2.24. The smallest absolute Gasteiger partial charge is 0.335 e. The van der Waals surface area contributed by atoms with Gasteiger partial charge in [-0.05, 0) is 46.7 Å². The minimum absolute atomic E-state index is 0.122.